The van der Waals surface area contributed by atoms with Gasteiger partial charge >= 0.3 is 0 Å². The van der Waals surface area contributed by atoms with Crippen LogP contribution in [0.4, 0.5) is 0 Å². The van der Waals surface area contributed by atoms with Crippen LogP contribution >= 0.6 is 0 Å². The molecule has 0 aromatic carbocycles. The van der Waals surface area contributed by atoms with Crippen LogP contribution in [0.3, 0.4) is 0 Å². The monoisotopic (exact) mass is 240 g/mol. The van der Waals surface area contributed by atoms with Crippen LogP contribution in [0.5, 0.6) is 0 Å². The molecule has 0 radical (unpaired) electrons. The standard InChI is InChI=1S/C14H28N2O/c1-6-13(11(3)15-12(4)17)9-10(2)16(5)14-7-8-14/h10-11,13-14H,6-9H2,1-5H3,(H,15,17). The van der Waals surface area contributed by atoms with Crippen molar-refractivity contribution in [2.24, 2.45) is 5.92 Å². The SMILES string of the molecule is CCC(CC(C)N(C)C1CC1)C(C)NC(C)=O. The Morgan fingerprint density at radius 2 is 2.00 bits per heavy atom. The molecule has 0 saturated heterocycles. The summed E-state index contributed by atoms with van der Waals surface area (Å²) in [4.78, 5) is 13.6. The van der Waals surface area contributed by atoms with Crippen LogP contribution in [0.2, 0.25) is 0 Å². The molecule has 3 nitrogen and oxygen atoms in total. The van der Waals surface area contributed by atoms with Crippen LogP contribution in [-0.4, -0.2) is 36.0 Å². The van der Waals surface area contributed by atoms with Crippen LogP contribution in [0, 0.1) is 5.92 Å². The minimum Gasteiger partial charge on any atom is -0.354 e. The molecule has 0 aromatic heterocycles. The first-order valence-electron chi connectivity index (χ1n) is 6.94. The van der Waals surface area contributed by atoms with E-state index in [2.05, 4.69) is 38.0 Å². The van der Waals surface area contributed by atoms with Crippen LogP contribution in [0.15, 0.2) is 0 Å². The van der Waals surface area contributed by atoms with Crippen molar-refractivity contribution in [3.8, 4) is 0 Å². The molecule has 0 bridgehead atoms. The van der Waals surface area contributed by atoms with Crippen molar-refractivity contribution >= 4 is 5.91 Å². The third kappa shape index (κ3) is 4.66. The normalized spacial score (nSPS) is 21.1. The summed E-state index contributed by atoms with van der Waals surface area (Å²) in [6.07, 6.45) is 5.02. The van der Waals surface area contributed by atoms with Gasteiger partial charge in [0.05, 0.1) is 0 Å². The summed E-state index contributed by atoms with van der Waals surface area (Å²) in [5, 5.41) is 3.03. The molecule has 0 heterocycles. The number of nitrogens with zero attached hydrogens (tertiary/aromatic N) is 1. The largest absolute Gasteiger partial charge is 0.354 e. The van der Waals surface area contributed by atoms with Crippen molar-refractivity contribution in [2.45, 2.75) is 71.5 Å². The van der Waals surface area contributed by atoms with E-state index in [4.69, 9.17) is 0 Å². The van der Waals surface area contributed by atoms with Gasteiger partial charge in [-0.2, -0.15) is 0 Å². The molecule has 1 N–H and O–H groups in total. The number of rotatable bonds is 7. The highest BCUT2D eigenvalue weighted by molar-refractivity contribution is 5.73. The van der Waals surface area contributed by atoms with Crippen molar-refractivity contribution in [2.75, 3.05) is 7.05 Å². The molecule has 1 saturated carbocycles. The quantitative estimate of drug-likeness (QED) is 0.741. The minimum atomic E-state index is 0.0825. The summed E-state index contributed by atoms with van der Waals surface area (Å²) in [5.74, 6) is 0.661. The zero-order chi connectivity index (χ0) is 13.0. The lowest BCUT2D eigenvalue weighted by atomic mass is 9.91. The maximum atomic E-state index is 11.1. The second kappa shape index (κ2) is 6.39. The van der Waals surface area contributed by atoms with Crippen LogP contribution in [0.25, 0.3) is 0 Å². The predicted octanol–water partition coefficient (Wildman–Crippen LogP) is 2.41. The molecular formula is C14H28N2O. The van der Waals surface area contributed by atoms with Crippen molar-refractivity contribution in [3.63, 3.8) is 0 Å². The second-order valence-corrected chi connectivity index (χ2v) is 5.64. The van der Waals surface area contributed by atoms with Gasteiger partial charge in [-0.1, -0.05) is 13.3 Å². The van der Waals surface area contributed by atoms with Crippen LogP contribution < -0.4 is 5.32 Å². The molecule has 3 unspecified atom stereocenters. The molecule has 1 amide bonds. The lowest BCUT2D eigenvalue weighted by Crippen LogP contribution is -2.40. The van der Waals surface area contributed by atoms with E-state index >= 15 is 0 Å². The number of hydrogen-bond donors (Lipinski definition) is 1. The third-order valence-corrected chi connectivity index (χ3v) is 4.12. The van der Waals surface area contributed by atoms with Gasteiger partial charge in [0.15, 0.2) is 0 Å². The van der Waals surface area contributed by atoms with E-state index in [0.29, 0.717) is 12.0 Å². The molecule has 0 spiro atoms. The summed E-state index contributed by atoms with van der Waals surface area (Å²) >= 11 is 0. The fraction of sp³-hybridized carbons (Fsp3) is 0.929. The Morgan fingerprint density at radius 1 is 1.41 bits per heavy atom. The van der Waals surface area contributed by atoms with E-state index < -0.39 is 0 Å². The molecule has 0 aromatic rings. The zero-order valence-electron chi connectivity index (χ0n) is 12.0. The summed E-state index contributed by atoms with van der Waals surface area (Å²) in [6, 6.07) is 1.72. The highest BCUT2D eigenvalue weighted by Gasteiger charge is 2.30. The molecule has 1 rings (SSSR count). The third-order valence-electron chi connectivity index (χ3n) is 4.12. The number of carbonyl (C=O) groups excluding carboxylic acids is 1. The number of carbonyl (C=O) groups is 1. The van der Waals surface area contributed by atoms with E-state index in [1.807, 2.05) is 0 Å². The average molecular weight is 240 g/mol. The average Bonchev–Trinajstić information content (AvgIpc) is 3.06. The van der Waals surface area contributed by atoms with Gasteiger partial charge in [-0.25, -0.2) is 0 Å². The van der Waals surface area contributed by atoms with Crippen LogP contribution in [-0.2, 0) is 4.79 Å². The molecule has 100 valence electrons. The molecular weight excluding hydrogens is 212 g/mol. The van der Waals surface area contributed by atoms with Gasteiger partial charge in [-0.05, 0) is 46.1 Å². The van der Waals surface area contributed by atoms with Crippen LogP contribution in [0.1, 0.15) is 53.4 Å². The first kappa shape index (κ1) is 14.5. The molecule has 3 atom stereocenters. The number of amides is 1. The summed E-state index contributed by atoms with van der Waals surface area (Å²) in [7, 11) is 2.23. The molecule has 1 fully saturated rings. The van der Waals surface area contributed by atoms with Crippen molar-refractivity contribution < 1.29 is 4.79 Å². The first-order chi connectivity index (χ1) is 7.95. The Labute approximate surface area is 106 Å². The van der Waals surface area contributed by atoms with E-state index in [1.54, 1.807) is 6.92 Å². The Hall–Kier alpha value is -0.570. The lowest BCUT2D eigenvalue weighted by molar-refractivity contribution is -0.119. The zero-order valence-corrected chi connectivity index (χ0v) is 12.0. The Kier molecular flexibility index (Phi) is 5.44. The van der Waals surface area contributed by atoms with Crippen molar-refractivity contribution in [3.05, 3.63) is 0 Å². The Morgan fingerprint density at radius 3 is 2.41 bits per heavy atom. The molecule has 0 aliphatic heterocycles. The highest BCUT2D eigenvalue weighted by atomic mass is 16.1. The van der Waals surface area contributed by atoms with E-state index in [1.165, 1.54) is 19.3 Å². The molecule has 17 heavy (non-hydrogen) atoms. The Balaban J connectivity index is 2.41. The van der Waals surface area contributed by atoms with E-state index in [9.17, 15) is 4.79 Å². The molecule has 3 heteroatoms. The predicted molar refractivity (Wildman–Crippen MR) is 71.9 cm³/mol. The smallest absolute Gasteiger partial charge is 0.217 e. The fourth-order valence-corrected chi connectivity index (χ4v) is 2.61. The maximum absolute atomic E-state index is 11.1. The van der Waals surface area contributed by atoms with Gasteiger partial charge in [-0.15, -0.1) is 0 Å². The summed E-state index contributed by atoms with van der Waals surface area (Å²) < 4.78 is 0. The molecule has 1 aliphatic carbocycles. The lowest BCUT2D eigenvalue weighted by Gasteiger charge is -2.31. The molecule has 1 aliphatic rings. The second-order valence-electron chi connectivity index (χ2n) is 5.64. The van der Waals surface area contributed by atoms with Gasteiger partial charge in [0.1, 0.15) is 0 Å². The maximum Gasteiger partial charge on any atom is 0.217 e. The highest BCUT2D eigenvalue weighted by Crippen LogP contribution is 2.29. The summed E-state index contributed by atoms with van der Waals surface area (Å²) in [6.45, 7) is 8.25. The van der Waals surface area contributed by atoms with Gasteiger partial charge in [0.25, 0.3) is 0 Å². The first-order valence-corrected chi connectivity index (χ1v) is 6.94. The van der Waals surface area contributed by atoms with Gasteiger partial charge in [-0.3, -0.25) is 4.79 Å². The van der Waals surface area contributed by atoms with Crippen molar-refractivity contribution in [1.82, 2.24) is 10.2 Å². The minimum absolute atomic E-state index is 0.0825. The number of nitrogens with one attached hydrogen (secondary N) is 1. The van der Waals surface area contributed by atoms with Gasteiger partial charge in [0, 0.05) is 25.0 Å². The fourth-order valence-electron chi connectivity index (χ4n) is 2.61. The number of hydrogen-bond acceptors (Lipinski definition) is 2. The van der Waals surface area contributed by atoms with Gasteiger partial charge < -0.3 is 10.2 Å². The van der Waals surface area contributed by atoms with Crippen molar-refractivity contribution in [1.29, 1.82) is 0 Å². The van der Waals surface area contributed by atoms with E-state index in [-0.39, 0.29) is 11.9 Å². The summed E-state index contributed by atoms with van der Waals surface area (Å²) in [5.41, 5.74) is 0. The van der Waals surface area contributed by atoms with Gasteiger partial charge in [0.2, 0.25) is 5.91 Å². The van der Waals surface area contributed by atoms with E-state index in [0.717, 1.165) is 12.5 Å². The topological polar surface area (TPSA) is 32.3 Å². The Bertz CT molecular complexity index is 251.